The van der Waals surface area contributed by atoms with Crippen molar-refractivity contribution in [1.29, 1.82) is 0 Å². The van der Waals surface area contributed by atoms with Gasteiger partial charge in [-0.15, -0.1) is 11.3 Å². The largest absolute Gasteiger partial charge is 0.340 e. The molecule has 2 aromatic rings. The summed E-state index contributed by atoms with van der Waals surface area (Å²) in [5.41, 5.74) is 0.337. The molecule has 1 aromatic heterocycles. The van der Waals surface area contributed by atoms with Gasteiger partial charge >= 0.3 is 0 Å². The summed E-state index contributed by atoms with van der Waals surface area (Å²) < 4.78 is 27.2. The first-order chi connectivity index (χ1) is 13.8. The van der Waals surface area contributed by atoms with Crippen LogP contribution in [0.15, 0.2) is 23.6 Å². The number of benzene rings is 1. The van der Waals surface area contributed by atoms with Gasteiger partial charge in [-0.3, -0.25) is 14.5 Å². The zero-order valence-electron chi connectivity index (χ0n) is 16.5. The number of carbonyl (C=O) groups excluding carboxylic acids is 2. The van der Waals surface area contributed by atoms with E-state index in [2.05, 4.69) is 10.3 Å². The number of aromatic nitrogens is 1. The number of anilines is 1. The number of carbonyl (C=O) groups is 2. The Morgan fingerprint density at radius 3 is 2.62 bits per heavy atom. The Morgan fingerprint density at radius 2 is 1.93 bits per heavy atom. The minimum atomic E-state index is -0.570. The van der Waals surface area contributed by atoms with Crippen molar-refractivity contribution in [2.45, 2.75) is 20.3 Å². The number of hydrogen-bond acceptors (Lipinski definition) is 5. The van der Waals surface area contributed by atoms with Gasteiger partial charge in [0.1, 0.15) is 11.6 Å². The predicted molar refractivity (Wildman–Crippen MR) is 109 cm³/mol. The second kappa shape index (κ2) is 9.41. The molecule has 1 aliphatic rings. The van der Waals surface area contributed by atoms with Crippen LogP contribution in [-0.4, -0.2) is 59.3 Å². The van der Waals surface area contributed by atoms with E-state index in [4.69, 9.17) is 0 Å². The molecule has 9 heteroatoms. The molecule has 29 heavy (non-hydrogen) atoms. The molecule has 0 saturated carbocycles. The lowest BCUT2D eigenvalue weighted by molar-refractivity contribution is -0.133. The molecule has 0 radical (unpaired) electrons. The number of thiazole rings is 1. The Hall–Kier alpha value is -2.39. The molecule has 156 valence electrons. The number of halogens is 2. The van der Waals surface area contributed by atoms with Gasteiger partial charge in [0, 0.05) is 43.5 Å². The number of nitrogens with one attached hydrogen (secondary N) is 1. The van der Waals surface area contributed by atoms with E-state index in [0.29, 0.717) is 43.6 Å². The molecular weight excluding hydrogens is 398 g/mol. The normalized spacial score (nSPS) is 15.0. The quantitative estimate of drug-likeness (QED) is 0.776. The molecule has 2 heterocycles. The van der Waals surface area contributed by atoms with Crippen LogP contribution >= 0.6 is 11.3 Å². The maximum Gasteiger partial charge on any atom is 0.240 e. The van der Waals surface area contributed by atoms with Crippen LogP contribution in [0.4, 0.5) is 13.9 Å². The van der Waals surface area contributed by atoms with Crippen molar-refractivity contribution in [2.75, 3.05) is 38.0 Å². The van der Waals surface area contributed by atoms with Gasteiger partial charge in [0.25, 0.3) is 0 Å². The van der Waals surface area contributed by atoms with E-state index in [9.17, 15) is 18.4 Å². The molecular formula is C20H24F2N4O2S. The monoisotopic (exact) mass is 422 g/mol. The van der Waals surface area contributed by atoms with E-state index in [-0.39, 0.29) is 29.6 Å². The number of nitrogens with zero attached hydrogens (tertiary/aromatic N) is 3. The van der Waals surface area contributed by atoms with Gasteiger partial charge < -0.3 is 10.2 Å². The van der Waals surface area contributed by atoms with E-state index in [1.165, 1.54) is 0 Å². The summed E-state index contributed by atoms with van der Waals surface area (Å²) in [6.45, 7) is 6.72. The maximum atomic E-state index is 13.9. The lowest BCUT2D eigenvalue weighted by atomic mass is 10.1. The van der Waals surface area contributed by atoms with Gasteiger partial charge in [0.15, 0.2) is 5.13 Å². The number of piperazine rings is 1. The fourth-order valence-electron chi connectivity index (χ4n) is 3.14. The van der Waals surface area contributed by atoms with Crippen LogP contribution in [0.25, 0.3) is 11.3 Å². The summed E-state index contributed by atoms with van der Waals surface area (Å²) in [5, 5.41) is 4.61. The van der Waals surface area contributed by atoms with E-state index in [1.807, 2.05) is 23.6 Å². The second-order valence-corrected chi connectivity index (χ2v) is 8.32. The molecule has 3 rings (SSSR count). The summed E-state index contributed by atoms with van der Waals surface area (Å²) in [7, 11) is 0. The van der Waals surface area contributed by atoms with Gasteiger partial charge in [-0.1, -0.05) is 13.8 Å². The summed E-state index contributed by atoms with van der Waals surface area (Å²) in [5.74, 6) is -0.864. The standard InChI is InChI=1S/C20H24F2N4O2S/c1-13(2)9-19(28)26-7-5-25(6-8-26)11-18(27)24-20-23-17(12-29-20)15-10-14(21)3-4-16(15)22/h3-4,10,12-13H,5-9,11H2,1-2H3,(H,23,24,27). The highest BCUT2D eigenvalue weighted by Gasteiger charge is 2.23. The zero-order chi connectivity index (χ0) is 21.0. The van der Waals surface area contributed by atoms with Crippen LogP contribution in [0.2, 0.25) is 0 Å². The highest BCUT2D eigenvalue weighted by molar-refractivity contribution is 7.14. The number of amides is 2. The van der Waals surface area contributed by atoms with Gasteiger partial charge in [-0.2, -0.15) is 0 Å². The van der Waals surface area contributed by atoms with E-state index < -0.39 is 11.6 Å². The molecule has 0 bridgehead atoms. The summed E-state index contributed by atoms with van der Waals surface area (Å²) >= 11 is 1.16. The van der Waals surface area contributed by atoms with Crippen molar-refractivity contribution in [3.8, 4) is 11.3 Å². The second-order valence-electron chi connectivity index (χ2n) is 7.47. The third-order valence-electron chi connectivity index (χ3n) is 4.63. The molecule has 0 aliphatic carbocycles. The Balaban J connectivity index is 1.50. The maximum absolute atomic E-state index is 13.9. The molecule has 1 N–H and O–H groups in total. The first-order valence-corrected chi connectivity index (χ1v) is 10.4. The predicted octanol–water partition coefficient (Wildman–Crippen LogP) is 3.22. The first-order valence-electron chi connectivity index (χ1n) is 9.52. The third kappa shape index (κ3) is 5.80. The van der Waals surface area contributed by atoms with Gasteiger partial charge in [0.05, 0.1) is 12.2 Å². The number of rotatable bonds is 6. The Bertz CT molecular complexity index is 879. The van der Waals surface area contributed by atoms with Crippen LogP contribution < -0.4 is 5.32 Å². The van der Waals surface area contributed by atoms with Crippen molar-refractivity contribution >= 4 is 28.3 Å². The summed E-state index contributed by atoms with van der Waals surface area (Å²) in [4.78, 5) is 32.4. The SMILES string of the molecule is CC(C)CC(=O)N1CCN(CC(=O)Nc2nc(-c3cc(F)ccc3F)cs2)CC1. The summed E-state index contributed by atoms with van der Waals surface area (Å²) in [6, 6.07) is 3.17. The first kappa shape index (κ1) is 21.3. The van der Waals surface area contributed by atoms with Crippen molar-refractivity contribution in [3.63, 3.8) is 0 Å². The third-order valence-corrected chi connectivity index (χ3v) is 5.39. The average Bonchev–Trinajstić information content (AvgIpc) is 3.11. The Kier molecular flexibility index (Phi) is 6.92. The van der Waals surface area contributed by atoms with Crippen molar-refractivity contribution < 1.29 is 18.4 Å². The molecule has 6 nitrogen and oxygen atoms in total. The molecule has 2 amide bonds. The van der Waals surface area contributed by atoms with E-state index in [1.54, 1.807) is 5.38 Å². The molecule has 1 aliphatic heterocycles. The van der Waals surface area contributed by atoms with Crippen molar-refractivity contribution in [2.24, 2.45) is 5.92 Å². The lowest BCUT2D eigenvalue weighted by Crippen LogP contribution is -2.50. The smallest absolute Gasteiger partial charge is 0.240 e. The van der Waals surface area contributed by atoms with E-state index >= 15 is 0 Å². The lowest BCUT2D eigenvalue weighted by Gasteiger charge is -2.34. The van der Waals surface area contributed by atoms with Crippen LogP contribution in [0.1, 0.15) is 20.3 Å². The van der Waals surface area contributed by atoms with Crippen LogP contribution in [-0.2, 0) is 9.59 Å². The average molecular weight is 423 g/mol. The van der Waals surface area contributed by atoms with Gasteiger partial charge in [0.2, 0.25) is 11.8 Å². The fourth-order valence-corrected chi connectivity index (χ4v) is 3.87. The number of hydrogen-bond donors (Lipinski definition) is 1. The van der Waals surface area contributed by atoms with Crippen LogP contribution in [0.3, 0.4) is 0 Å². The summed E-state index contributed by atoms with van der Waals surface area (Å²) in [6.07, 6.45) is 0.540. The molecule has 1 aromatic carbocycles. The van der Waals surface area contributed by atoms with E-state index in [0.717, 1.165) is 29.5 Å². The van der Waals surface area contributed by atoms with Crippen LogP contribution in [0, 0.1) is 17.6 Å². The van der Waals surface area contributed by atoms with Crippen molar-refractivity contribution in [3.05, 3.63) is 35.2 Å². The fraction of sp³-hybridized carbons (Fsp3) is 0.450. The van der Waals surface area contributed by atoms with Gasteiger partial charge in [-0.05, 0) is 24.1 Å². The van der Waals surface area contributed by atoms with Crippen molar-refractivity contribution in [1.82, 2.24) is 14.8 Å². The van der Waals surface area contributed by atoms with Crippen LogP contribution in [0.5, 0.6) is 0 Å². The molecule has 0 spiro atoms. The highest BCUT2D eigenvalue weighted by Crippen LogP contribution is 2.27. The Labute approximate surface area is 172 Å². The minimum Gasteiger partial charge on any atom is -0.340 e. The molecule has 0 unspecified atom stereocenters. The zero-order valence-corrected chi connectivity index (χ0v) is 17.3. The molecule has 0 atom stereocenters. The molecule has 1 fully saturated rings. The Morgan fingerprint density at radius 1 is 1.21 bits per heavy atom. The van der Waals surface area contributed by atoms with Gasteiger partial charge in [-0.25, -0.2) is 13.8 Å². The topological polar surface area (TPSA) is 65.5 Å². The highest BCUT2D eigenvalue weighted by atomic mass is 32.1. The molecule has 1 saturated heterocycles. The minimum absolute atomic E-state index is 0.0592.